The van der Waals surface area contributed by atoms with Crippen molar-refractivity contribution in [1.82, 2.24) is 4.57 Å². The molecule has 1 aromatic carbocycles. The van der Waals surface area contributed by atoms with Crippen molar-refractivity contribution in [1.29, 1.82) is 0 Å². The predicted molar refractivity (Wildman–Crippen MR) is 69.0 cm³/mol. The molecule has 0 aliphatic carbocycles. The second-order valence-electron chi connectivity index (χ2n) is 5.04. The van der Waals surface area contributed by atoms with E-state index < -0.39 is 18.0 Å². The number of ether oxygens (including phenoxy) is 1. The Morgan fingerprint density at radius 2 is 2.11 bits per heavy atom. The molecule has 0 atom stereocenters. The molecule has 0 fully saturated rings. The van der Waals surface area contributed by atoms with Gasteiger partial charge in [-0.05, 0) is 45.0 Å². The standard InChI is InChI=1S/C14H15NO3/c1-14(2,3)18-13(17)15-7-6-11-8-10(9-16)4-5-12(11)15/h4-9H,1-3H3/i9D. The largest absolute Gasteiger partial charge is 0.443 e. The summed E-state index contributed by atoms with van der Waals surface area (Å²) in [5, 5.41) is 0.726. The molecule has 4 nitrogen and oxygen atoms in total. The highest BCUT2D eigenvalue weighted by Gasteiger charge is 2.18. The van der Waals surface area contributed by atoms with Crippen LogP contribution in [0.4, 0.5) is 4.79 Å². The van der Waals surface area contributed by atoms with E-state index in [2.05, 4.69) is 0 Å². The minimum atomic E-state index is -0.744. The van der Waals surface area contributed by atoms with E-state index in [1.54, 1.807) is 45.2 Å². The first-order valence-electron chi connectivity index (χ1n) is 6.13. The van der Waals surface area contributed by atoms with Crippen LogP contribution in [-0.4, -0.2) is 22.5 Å². The van der Waals surface area contributed by atoms with Crippen molar-refractivity contribution in [2.24, 2.45) is 0 Å². The van der Waals surface area contributed by atoms with Crippen LogP contribution in [0.1, 0.15) is 32.5 Å². The number of aromatic nitrogens is 1. The Kier molecular flexibility index (Phi) is 2.63. The molecule has 0 saturated heterocycles. The van der Waals surface area contributed by atoms with Crippen molar-refractivity contribution in [3.8, 4) is 0 Å². The Bertz CT molecular complexity index is 652. The average molecular weight is 246 g/mol. The molecule has 0 radical (unpaired) electrons. The van der Waals surface area contributed by atoms with Crippen LogP contribution in [0.25, 0.3) is 10.9 Å². The van der Waals surface area contributed by atoms with Crippen LogP contribution in [0.2, 0.25) is 0 Å². The first-order valence-corrected chi connectivity index (χ1v) is 5.63. The summed E-state index contributed by atoms with van der Waals surface area (Å²) in [5.74, 6) is 0. The van der Waals surface area contributed by atoms with Crippen LogP contribution in [0.5, 0.6) is 0 Å². The molecule has 0 aliphatic heterocycles. The Balaban J connectivity index is 2.41. The van der Waals surface area contributed by atoms with Crippen molar-refractivity contribution in [3.63, 3.8) is 0 Å². The van der Waals surface area contributed by atoms with Gasteiger partial charge in [-0.3, -0.25) is 9.36 Å². The van der Waals surface area contributed by atoms with E-state index in [0.29, 0.717) is 11.1 Å². The highest BCUT2D eigenvalue weighted by atomic mass is 16.6. The van der Waals surface area contributed by atoms with E-state index >= 15 is 0 Å². The van der Waals surface area contributed by atoms with Gasteiger partial charge in [0.2, 0.25) is 0 Å². The number of nitrogens with zero attached hydrogens (tertiary/aromatic N) is 1. The second kappa shape index (κ2) is 4.29. The molecule has 2 aromatic rings. The zero-order chi connectivity index (χ0) is 14.2. The average Bonchev–Trinajstić information content (AvgIpc) is 2.68. The zero-order valence-electron chi connectivity index (χ0n) is 11.6. The molecule has 1 aromatic heterocycles. The summed E-state index contributed by atoms with van der Waals surface area (Å²) in [5.41, 5.74) is 0.388. The molecule has 1 heterocycles. The monoisotopic (exact) mass is 246 g/mol. The van der Waals surface area contributed by atoms with Crippen LogP contribution < -0.4 is 0 Å². The Hall–Kier alpha value is -2.10. The number of rotatable bonds is 1. The molecular weight excluding hydrogens is 230 g/mol. The van der Waals surface area contributed by atoms with Crippen molar-refractivity contribution >= 4 is 23.3 Å². The zero-order valence-corrected chi connectivity index (χ0v) is 10.6. The van der Waals surface area contributed by atoms with E-state index in [4.69, 9.17) is 6.11 Å². The fourth-order valence-corrected chi connectivity index (χ4v) is 1.68. The van der Waals surface area contributed by atoms with Gasteiger partial charge >= 0.3 is 6.09 Å². The van der Waals surface area contributed by atoms with Gasteiger partial charge in [0.25, 0.3) is 0 Å². The predicted octanol–water partition coefficient (Wildman–Crippen LogP) is 3.24. The Labute approximate surface area is 107 Å². The summed E-state index contributed by atoms with van der Waals surface area (Å²) in [6.45, 7) is 5.40. The van der Waals surface area contributed by atoms with E-state index in [1.807, 2.05) is 0 Å². The maximum atomic E-state index is 12.0. The topological polar surface area (TPSA) is 48.3 Å². The molecule has 0 N–H and O–H groups in total. The van der Waals surface area contributed by atoms with Crippen molar-refractivity contribution in [2.45, 2.75) is 26.4 Å². The number of hydrogen-bond acceptors (Lipinski definition) is 3. The van der Waals surface area contributed by atoms with Gasteiger partial charge in [-0.2, -0.15) is 0 Å². The van der Waals surface area contributed by atoms with E-state index in [1.165, 1.54) is 10.6 Å². The summed E-state index contributed by atoms with van der Waals surface area (Å²) in [6, 6.07) is 6.47. The van der Waals surface area contributed by atoms with Crippen molar-refractivity contribution in [2.75, 3.05) is 0 Å². The van der Waals surface area contributed by atoms with Crippen LogP contribution in [-0.2, 0) is 4.74 Å². The van der Waals surface area contributed by atoms with E-state index in [9.17, 15) is 9.59 Å². The van der Waals surface area contributed by atoms with Gasteiger partial charge in [0.15, 0.2) is 0 Å². The van der Waals surface area contributed by atoms with E-state index in [-0.39, 0.29) is 0 Å². The summed E-state index contributed by atoms with van der Waals surface area (Å²) >= 11 is 0. The molecule has 0 saturated carbocycles. The minimum absolute atomic E-state index is 0.300. The number of fused-ring (bicyclic) bond motifs is 1. The number of aldehydes is 1. The first-order chi connectivity index (χ1) is 8.78. The smallest absolute Gasteiger partial charge is 0.418 e. The fourth-order valence-electron chi connectivity index (χ4n) is 1.68. The SMILES string of the molecule is [2H]C(=O)c1ccc2c(ccn2C(=O)OC(C)(C)C)c1. The van der Waals surface area contributed by atoms with Gasteiger partial charge < -0.3 is 4.74 Å². The maximum absolute atomic E-state index is 12.0. The number of carbonyl (C=O) groups excluding carboxylic acids is 2. The fraction of sp³-hybridized carbons (Fsp3) is 0.286. The maximum Gasteiger partial charge on any atom is 0.418 e. The highest BCUT2D eigenvalue weighted by Crippen LogP contribution is 2.19. The molecule has 4 heteroatoms. The van der Waals surface area contributed by atoms with Crippen LogP contribution in [0.15, 0.2) is 30.5 Å². The van der Waals surface area contributed by atoms with Crippen LogP contribution in [0, 0.1) is 0 Å². The van der Waals surface area contributed by atoms with Crippen molar-refractivity contribution < 1.29 is 15.7 Å². The molecule has 18 heavy (non-hydrogen) atoms. The molecule has 94 valence electrons. The lowest BCUT2D eigenvalue weighted by Crippen LogP contribution is -2.26. The third kappa shape index (κ3) is 2.42. The quantitative estimate of drug-likeness (QED) is 0.726. The lowest BCUT2D eigenvalue weighted by atomic mass is 10.2. The minimum Gasteiger partial charge on any atom is -0.443 e. The van der Waals surface area contributed by atoms with Crippen LogP contribution >= 0.6 is 0 Å². The Morgan fingerprint density at radius 1 is 1.39 bits per heavy atom. The molecular formula is C14H15NO3. The molecule has 2 rings (SSSR count). The third-order valence-electron chi connectivity index (χ3n) is 2.40. The lowest BCUT2D eigenvalue weighted by Gasteiger charge is -2.19. The normalized spacial score (nSPS) is 12.3. The summed E-state index contributed by atoms with van der Waals surface area (Å²) in [6.07, 6.45) is 0.385. The molecule has 0 bridgehead atoms. The van der Waals surface area contributed by atoms with Gasteiger partial charge in [-0.25, -0.2) is 4.79 Å². The molecule has 0 aliphatic rings. The highest BCUT2D eigenvalue weighted by molar-refractivity contribution is 5.92. The molecule has 0 spiro atoms. The third-order valence-corrected chi connectivity index (χ3v) is 2.40. The number of benzene rings is 1. The van der Waals surface area contributed by atoms with Gasteiger partial charge in [0.05, 0.1) is 5.52 Å². The first kappa shape index (κ1) is 11.0. The van der Waals surface area contributed by atoms with Gasteiger partial charge in [0.1, 0.15) is 13.2 Å². The number of carbonyl (C=O) groups is 2. The van der Waals surface area contributed by atoms with Gasteiger partial charge in [-0.15, -0.1) is 0 Å². The van der Waals surface area contributed by atoms with Gasteiger partial charge in [-0.1, -0.05) is 0 Å². The summed E-state index contributed by atoms with van der Waals surface area (Å²) in [4.78, 5) is 23.0. The summed E-state index contributed by atoms with van der Waals surface area (Å²) in [7, 11) is 0. The van der Waals surface area contributed by atoms with Crippen molar-refractivity contribution in [3.05, 3.63) is 36.0 Å². The number of hydrogen-bond donors (Lipinski definition) is 0. The van der Waals surface area contributed by atoms with Crippen LogP contribution in [0.3, 0.4) is 0 Å². The van der Waals surface area contributed by atoms with Gasteiger partial charge in [0, 0.05) is 17.1 Å². The second-order valence-corrected chi connectivity index (χ2v) is 5.04. The lowest BCUT2D eigenvalue weighted by molar-refractivity contribution is 0.0544. The Morgan fingerprint density at radius 3 is 2.72 bits per heavy atom. The summed E-state index contributed by atoms with van der Waals surface area (Å²) < 4.78 is 13.7. The molecule has 0 amide bonds. The molecule has 0 unspecified atom stereocenters. The van der Waals surface area contributed by atoms with E-state index in [0.717, 1.165) is 5.39 Å².